The van der Waals surface area contributed by atoms with E-state index in [1.165, 1.54) is 12.2 Å². The third-order valence-corrected chi connectivity index (χ3v) is 7.01. The van der Waals surface area contributed by atoms with Crippen LogP contribution in [0.3, 0.4) is 0 Å². The maximum absolute atomic E-state index is 12.1. The Kier molecular flexibility index (Phi) is 15.2. The van der Waals surface area contributed by atoms with Crippen LogP contribution in [-0.2, 0) is 38.1 Å². The SMILES string of the molecule is C=C(C)C(=O)OCOc1ccc(/C=C/C(=O)OCOc2ccc(-c3ccc(OCOC(=O)/C=C/c4ccc(OCOC(=O)C(=C)C)cc4)cc3)cc2)cc1. The Morgan fingerprint density at radius 3 is 1.02 bits per heavy atom. The molecule has 0 fully saturated rings. The van der Waals surface area contributed by atoms with Gasteiger partial charge in [0.25, 0.3) is 0 Å². The van der Waals surface area contributed by atoms with Gasteiger partial charge in [0.05, 0.1) is 0 Å². The van der Waals surface area contributed by atoms with Crippen LogP contribution in [0.25, 0.3) is 23.3 Å². The fourth-order valence-corrected chi connectivity index (χ4v) is 4.12. The zero-order valence-corrected chi connectivity index (χ0v) is 29.7. The van der Waals surface area contributed by atoms with Crippen LogP contribution >= 0.6 is 0 Å². The number of benzene rings is 4. The highest BCUT2D eigenvalue weighted by molar-refractivity contribution is 5.88. The average molecular weight is 735 g/mol. The lowest BCUT2D eigenvalue weighted by atomic mass is 10.1. The van der Waals surface area contributed by atoms with Gasteiger partial charge in [0, 0.05) is 23.3 Å². The normalized spacial score (nSPS) is 10.6. The van der Waals surface area contributed by atoms with Crippen LogP contribution in [0.4, 0.5) is 0 Å². The van der Waals surface area contributed by atoms with Gasteiger partial charge in [-0.05, 0) is 96.8 Å². The van der Waals surface area contributed by atoms with Gasteiger partial charge in [0.15, 0.2) is 0 Å². The summed E-state index contributed by atoms with van der Waals surface area (Å²) in [5.41, 5.74) is 3.86. The molecular formula is C42H38O12. The topological polar surface area (TPSA) is 142 Å². The quantitative estimate of drug-likeness (QED) is 0.0409. The van der Waals surface area contributed by atoms with Crippen molar-refractivity contribution in [3.63, 3.8) is 0 Å². The lowest BCUT2D eigenvalue weighted by molar-refractivity contribution is -0.146. The lowest BCUT2D eigenvalue weighted by Crippen LogP contribution is -2.10. The first kappa shape index (κ1) is 39.7. The maximum Gasteiger partial charge on any atom is 0.335 e. The van der Waals surface area contributed by atoms with Gasteiger partial charge in [-0.15, -0.1) is 0 Å². The Hall–Kier alpha value is -7.08. The van der Waals surface area contributed by atoms with Crippen LogP contribution in [0.1, 0.15) is 25.0 Å². The summed E-state index contributed by atoms with van der Waals surface area (Å²) in [4.78, 5) is 47.0. The Morgan fingerprint density at radius 2 is 0.722 bits per heavy atom. The summed E-state index contributed by atoms with van der Waals surface area (Å²) in [7, 11) is 0. The third-order valence-electron chi connectivity index (χ3n) is 7.01. The highest BCUT2D eigenvalue weighted by Gasteiger charge is 2.06. The second-order valence-corrected chi connectivity index (χ2v) is 11.3. The van der Waals surface area contributed by atoms with Crippen LogP contribution in [0.15, 0.2) is 134 Å². The van der Waals surface area contributed by atoms with E-state index < -0.39 is 23.9 Å². The molecule has 4 rings (SSSR count). The molecule has 0 unspecified atom stereocenters. The first-order valence-corrected chi connectivity index (χ1v) is 16.3. The molecule has 0 heterocycles. The second-order valence-electron chi connectivity index (χ2n) is 11.3. The number of rotatable bonds is 19. The third kappa shape index (κ3) is 13.9. The van der Waals surface area contributed by atoms with Crippen molar-refractivity contribution in [2.45, 2.75) is 13.8 Å². The molecular weight excluding hydrogens is 696 g/mol. The van der Waals surface area contributed by atoms with Gasteiger partial charge >= 0.3 is 23.9 Å². The van der Waals surface area contributed by atoms with Crippen LogP contribution in [-0.4, -0.2) is 51.0 Å². The predicted molar refractivity (Wildman–Crippen MR) is 199 cm³/mol. The summed E-state index contributed by atoms with van der Waals surface area (Å²) in [5.74, 6) is -0.218. The number of carbonyl (C=O) groups excluding carboxylic acids is 4. The molecule has 0 saturated carbocycles. The smallest absolute Gasteiger partial charge is 0.335 e. The van der Waals surface area contributed by atoms with E-state index in [1.54, 1.807) is 98.8 Å². The van der Waals surface area contributed by atoms with E-state index in [0.29, 0.717) is 23.0 Å². The molecule has 0 bridgehead atoms. The van der Waals surface area contributed by atoms with E-state index >= 15 is 0 Å². The van der Waals surface area contributed by atoms with Crippen LogP contribution in [0.2, 0.25) is 0 Å². The molecule has 12 nitrogen and oxygen atoms in total. The Bertz CT molecular complexity index is 1810. The Morgan fingerprint density at radius 1 is 0.444 bits per heavy atom. The van der Waals surface area contributed by atoms with E-state index in [2.05, 4.69) is 13.2 Å². The van der Waals surface area contributed by atoms with E-state index in [-0.39, 0.29) is 38.3 Å². The Balaban J connectivity index is 1.11. The molecule has 0 aliphatic carbocycles. The number of hydrogen-bond donors (Lipinski definition) is 0. The predicted octanol–water partition coefficient (Wildman–Crippen LogP) is 7.45. The number of esters is 4. The number of hydrogen-bond acceptors (Lipinski definition) is 12. The van der Waals surface area contributed by atoms with Crippen LogP contribution in [0.5, 0.6) is 23.0 Å². The van der Waals surface area contributed by atoms with Gasteiger partial charge in [0.1, 0.15) is 23.0 Å². The number of ether oxygens (including phenoxy) is 8. The van der Waals surface area contributed by atoms with Gasteiger partial charge < -0.3 is 37.9 Å². The summed E-state index contributed by atoms with van der Waals surface area (Å²) in [6, 6.07) is 28.1. The molecule has 0 N–H and O–H groups in total. The minimum atomic E-state index is -0.580. The first-order chi connectivity index (χ1) is 26.0. The fraction of sp³-hybridized carbons (Fsp3) is 0.143. The van der Waals surface area contributed by atoms with Crippen molar-refractivity contribution < 1.29 is 57.1 Å². The van der Waals surface area contributed by atoms with Gasteiger partial charge in [-0.25, -0.2) is 19.2 Å². The molecule has 0 atom stereocenters. The van der Waals surface area contributed by atoms with Gasteiger partial charge in [-0.3, -0.25) is 0 Å². The van der Waals surface area contributed by atoms with Crippen LogP contribution < -0.4 is 18.9 Å². The van der Waals surface area contributed by atoms with Gasteiger partial charge in [-0.1, -0.05) is 61.7 Å². The maximum atomic E-state index is 12.1. The Labute approximate surface area is 312 Å². The van der Waals surface area contributed by atoms with Crippen molar-refractivity contribution in [3.05, 3.63) is 145 Å². The minimum Gasteiger partial charge on any atom is -0.457 e. The molecule has 0 aliphatic rings. The zero-order valence-electron chi connectivity index (χ0n) is 29.7. The molecule has 0 saturated heterocycles. The van der Waals surface area contributed by atoms with Gasteiger partial charge in [-0.2, -0.15) is 0 Å². The first-order valence-electron chi connectivity index (χ1n) is 16.3. The van der Waals surface area contributed by atoms with Crippen molar-refractivity contribution >= 4 is 36.0 Å². The van der Waals surface area contributed by atoms with E-state index in [9.17, 15) is 19.2 Å². The average Bonchev–Trinajstić information content (AvgIpc) is 3.17. The van der Waals surface area contributed by atoms with Crippen molar-refractivity contribution in [3.8, 4) is 34.1 Å². The van der Waals surface area contributed by atoms with E-state index in [4.69, 9.17) is 37.9 Å². The standard InChI is InChI=1S/C42H38O12/c1-29(2)41(45)53-27-49-35-15-5-31(6-16-35)9-23-39(43)51-25-47-37-19-11-33(12-20-37)34-13-21-38(22-14-34)48-26-52-40(44)24-10-32-7-17-36(18-8-32)50-28-54-42(46)30(3)4/h5-24H,1,3,25-28H2,2,4H3/b23-9+,24-10+. The number of carbonyl (C=O) groups is 4. The summed E-state index contributed by atoms with van der Waals surface area (Å²) in [5, 5.41) is 0. The minimum absolute atomic E-state index is 0.237. The fourth-order valence-electron chi connectivity index (χ4n) is 4.12. The molecule has 54 heavy (non-hydrogen) atoms. The highest BCUT2D eigenvalue weighted by atomic mass is 16.7. The summed E-state index contributed by atoms with van der Waals surface area (Å²) in [6.45, 7) is 9.07. The second kappa shape index (κ2) is 20.7. The van der Waals surface area contributed by atoms with E-state index in [0.717, 1.165) is 22.3 Å². The van der Waals surface area contributed by atoms with Crippen molar-refractivity contribution in [1.82, 2.24) is 0 Å². The van der Waals surface area contributed by atoms with E-state index in [1.807, 2.05) is 24.3 Å². The molecule has 0 spiro atoms. The molecule has 0 aromatic heterocycles. The highest BCUT2D eigenvalue weighted by Crippen LogP contribution is 2.25. The molecule has 4 aromatic rings. The zero-order chi connectivity index (χ0) is 38.7. The molecule has 0 amide bonds. The van der Waals surface area contributed by atoms with Gasteiger partial charge in [0.2, 0.25) is 27.2 Å². The largest absolute Gasteiger partial charge is 0.457 e. The molecule has 4 aromatic carbocycles. The van der Waals surface area contributed by atoms with Crippen molar-refractivity contribution in [2.24, 2.45) is 0 Å². The summed E-state index contributed by atoms with van der Waals surface area (Å²) < 4.78 is 41.8. The van der Waals surface area contributed by atoms with Crippen molar-refractivity contribution in [1.29, 1.82) is 0 Å². The van der Waals surface area contributed by atoms with Crippen LogP contribution in [0, 0.1) is 0 Å². The molecule has 12 heteroatoms. The summed E-state index contributed by atoms with van der Waals surface area (Å²) in [6.07, 6.45) is 5.72. The monoisotopic (exact) mass is 734 g/mol. The molecule has 0 radical (unpaired) electrons. The molecule has 0 aliphatic heterocycles. The molecule has 278 valence electrons. The summed E-state index contributed by atoms with van der Waals surface area (Å²) >= 11 is 0. The van der Waals surface area contributed by atoms with Crippen molar-refractivity contribution in [2.75, 3.05) is 27.2 Å². The lowest BCUT2D eigenvalue weighted by Gasteiger charge is -2.09.